The summed E-state index contributed by atoms with van der Waals surface area (Å²) in [6.07, 6.45) is 0. The average molecular weight is 303 g/mol. The van der Waals surface area contributed by atoms with Crippen LogP contribution in [-0.4, -0.2) is 29.1 Å². The van der Waals surface area contributed by atoms with Crippen LogP contribution >= 0.6 is 0 Å². The Morgan fingerprint density at radius 2 is 1.91 bits per heavy atom. The van der Waals surface area contributed by atoms with E-state index < -0.39 is 5.97 Å². The van der Waals surface area contributed by atoms with E-state index >= 15 is 0 Å². The largest absolute Gasteiger partial charge is 0.475 e. The summed E-state index contributed by atoms with van der Waals surface area (Å²) in [5.41, 5.74) is 3.72. The second-order valence-electron chi connectivity index (χ2n) is 6.03. The highest BCUT2D eigenvalue weighted by atomic mass is 16.4. The first-order valence-electron chi connectivity index (χ1n) is 7.90. The number of carboxylic acid groups (broad SMARTS) is 1. The Bertz CT molecular complexity index is 681. The molecule has 0 saturated carbocycles. The van der Waals surface area contributed by atoms with Crippen LogP contribution < -0.4 is 0 Å². The van der Waals surface area contributed by atoms with Crippen molar-refractivity contribution in [3.8, 4) is 0 Å². The molecule has 1 heterocycles. The minimum absolute atomic E-state index is 0.0525. The van der Waals surface area contributed by atoms with Crippen molar-refractivity contribution in [1.29, 1.82) is 0 Å². The molecule has 4 heteroatoms. The molecule has 0 atom stereocenters. The zero-order valence-electron chi connectivity index (χ0n) is 14.1. The van der Waals surface area contributed by atoms with Crippen LogP contribution in [-0.2, 0) is 6.54 Å². The maximum absolute atomic E-state index is 11.4. The molecule has 0 radical (unpaired) electrons. The van der Waals surface area contributed by atoms with Gasteiger partial charge in [0.15, 0.2) is 0 Å². The second kappa shape index (κ2) is 6.53. The van der Waals surface area contributed by atoms with Crippen molar-refractivity contribution in [3.63, 3.8) is 0 Å². The Labute approximate surface area is 131 Å². The van der Waals surface area contributed by atoms with Gasteiger partial charge in [-0.25, -0.2) is 4.79 Å². The number of carboxylic acids is 1. The predicted octanol–water partition coefficient (Wildman–Crippen LogP) is 4.40. The summed E-state index contributed by atoms with van der Waals surface area (Å²) in [4.78, 5) is 13.7. The number of hydrogen-bond acceptors (Lipinski definition) is 3. The van der Waals surface area contributed by atoms with Crippen LogP contribution in [0.15, 0.2) is 16.5 Å². The highest BCUT2D eigenvalue weighted by Crippen LogP contribution is 2.32. The quantitative estimate of drug-likeness (QED) is 0.859. The standard InChI is InChI=1S/C18H25NO3/c1-6-19(7-2)10-14-8-13(11(3)4)9-15-12(5)16(18(20)21)22-17(14)15/h8-9,11H,6-7,10H2,1-5H3,(H,20,21). The fraction of sp³-hybridized carbons (Fsp3) is 0.500. The Kier molecular flexibility index (Phi) is 4.91. The maximum atomic E-state index is 11.4. The number of carbonyl (C=O) groups is 1. The predicted molar refractivity (Wildman–Crippen MR) is 88.6 cm³/mol. The van der Waals surface area contributed by atoms with E-state index in [1.807, 2.05) is 6.92 Å². The maximum Gasteiger partial charge on any atom is 0.372 e. The highest BCUT2D eigenvalue weighted by molar-refractivity contribution is 5.96. The van der Waals surface area contributed by atoms with Crippen molar-refractivity contribution < 1.29 is 14.3 Å². The molecule has 120 valence electrons. The zero-order valence-corrected chi connectivity index (χ0v) is 14.1. The van der Waals surface area contributed by atoms with Crippen LogP contribution in [0.5, 0.6) is 0 Å². The van der Waals surface area contributed by atoms with Crippen molar-refractivity contribution in [2.45, 2.75) is 47.1 Å². The molecule has 1 N–H and O–H groups in total. The van der Waals surface area contributed by atoms with E-state index in [2.05, 4.69) is 44.7 Å². The van der Waals surface area contributed by atoms with Gasteiger partial charge in [0.1, 0.15) is 5.58 Å². The molecule has 1 aromatic carbocycles. The zero-order chi connectivity index (χ0) is 16.4. The van der Waals surface area contributed by atoms with Crippen molar-refractivity contribution >= 4 is 16.9 Å². The molecule has 2 aromatic rings. The number of benzene rings is 1. The summed E-state index contributed by atoms with van der Waals surface area (Å²) in [5, 5.41) is 10.2. The lowest BCUT2D eigenvalue weighted by Gasteiger charge is -2.19. The lowest BCUT2D eigenvalue weighted by molar-refractivity contribution is 0.0664. The summed E-state index contributed by atoms with van der Waals surface area (Å²) in [6, 6.07) is 4.22. The van der Waals surface area contributed by atoms with Crippen LogP contribution in [0.25, 0.3) is 11.0 Å². The molecular weight excluding hydrogens is 278 g/mol. The molecule has 2 rings (SSSR count). The molecule has 0 spiro atoms. The van der Waals surface area contributed by atoms with Crippen LogP contribution in [0.1, 0.15) is 60.9 Å². The normalized spacial score (nSPS) is 11.8. The molecule has 0 saturated heterocycles. The van der Waals surface area contributed by atoms with Crippen molar-refractivity contribution in [2.75, 3.05) is 13.1 Å². The second-order valence-corrected chi connectivity index (χ2v) is 6.03. The SMILES string of the molecule is CCN(CC)Cc1cc(C(C)C)cc2c(C)c(C(=O)O)oc12. The van der Waals surface area contributed by atoms with Gasteiger partial charge in [-0.1, -0.05) is 33.8 Å². The molecule has 0 amide bonds. The summed E-state index contributed by atoms with van der Waals surface area (Å²) >= 11 is 0. The topological polar surface area (TPSA) is 53.7 Å². The number of furan rings is 1. The molecule has 0 aliphatic rings. The number of hydrogen-bond donors (Lipinski definition) is 1. The molecular formula is C18H25NO3. The van der Waals surface area contributed by atoms with E-state index in [-0.39, 0.29) is 5.76 Å². The van der Waals surface area contributed by atoms with Gasteiger partial charge < -0.3 is 9.52 Å². The fourth-order valence-corrected chi connectivity index (χ4v) is 2.76. The van der Waals surface area contributed by atoms with Crippen LogP contribution in [0.3, 0.4) is 0 Å². The third-order valence-electron chi connectivity index (χ3n) is 4.29. The molecule has 0 bridgehead atoms. The smallest absolute Gasteiger partial charge is 0.372 e. The van der Waals surface area contributed by atoms with Crippen LogP contribution in [0.2, 0.25) is 0 Å². The minimum atomic E-state index is -1.01. The molecule has 1 aromatic heterocycles. The molecule has 0 fully saturated rings. The summed E-state index contributed by atoms with van der Waals surface area (Å²) in [6.45, 7) is 13.1. The Morgan fingerprint density at radius 3 is 2.41 bits per heavy atom. The summed E-state index contributed by atoms with van der Waals surface area (Å²) < 4.78 is 5.69. The van der Waals surface area contributed by atoms with Gasteiger partial charge in [0.05, 0.1) is 0 Å². The Hall–Kier alpha value is -1.81. The van der Waals surface area contributed by atoms with Gasteiger partial charge in [0.2, 0.25) is 5.76 Å². The minimum Gasteiger partial charge on any atom is -0.475 e. The molecule has 22 heavy (non-hydrogen) atoms. The van der Waals surface area contributed by atoms with Gasteiger partial charge in [-0.05, 0) is 37.6 Å². The van der Waals surface area contributed by atoms with Gasteiger partial charge in [-0.15, -0.1) is 0 Å². The number of aryl methyl sites for hydroxylation is 1. The van der Waals surface area contributed by atoms with Gasteiger partial charge >= 0.3 is 5.97 Å². The van der Waals surface area contributed by atoms with Crippen molar-refractivity contribution in [2.24, 2.45) is 0 Å². The van der Waals surface area contributed by atoms with Crippen molar-refractivity contribution in [3.05, 3.63) is 34.6 Å². The molecule has 0 aliphatic heterocycles. The van der Waals surface area contributed by atoms with E-state index in [0.29, 0.717) is 17.1 Å². The lowest BCUT2D eigenvalue weighted by atomic mass is 9.97. The van der Waals surface area contributed by atoms with Crippen LogP contribution in [0.4, 0.5) is 0 Å². The van der Waals surface area contributed by atoms with E-state index in [9.17, 15) is 9.90 Å². The van der Waals surface area contributed by atoms with E-state index in [4.69, 9.17) is 4.42 Å². The van der Waals surface area contributed by atoms with Crippen LogP contribution in [0, 0.1) is 6.92 Å². The summed E-state index contributed by atoms with van der Waals surface area (Å²) in [7, 11) is 0. The number of nitrogens with zero attached hydrogens (tertiary/aromatic N) is 1. The highest BCUT2D eigenvalue weighted by Gasteiger charge is 2.20. The van der Waals surface area contributed by atoms with E-state index in [1.54, 1.807) is 0 Å². The van der Waals surface area contributed by atoms with E-state index in [1.165, 1.54) is 5.56 Å². The average Bonchev–Trinajstić information content (AvgIpc) is 2.82. The van der Waals surface area contributed by atoms with Crippen molar-refractivity contribution in [1.82, 2.24) is 4.90 Å². The number of aromatic carboxylic acids is 1. The Morgan fingerprint density at radius 1 is 1.27 bits per heavy atom. The first-order chi connectivity index (χ1) is 10.4. The monoisotopic (exact) mass is 303 g/mol. The third-order valence-corrected chi connectivity index (χ3v) is 4.29. The number of rotatable bonds is 6. The lowest BCUT2D eigenvalue weighted by Crippen LogP contribution is -2.22. The molecule has 4 nitrogen and oxygen atoms in total. The van der Waals surface area contributed by atoms with Gasteiger partial charge in [0.25, 0.3) is 0 Å². The first kappa shape index (κ1) is 16.6. The van der Waals surface area contributed by atoms with E-state index in [0.717, 1.165) is 30.6 Å². The Balaban J connectivity index is 2.66. The van der Waals surface area contributed by atoms with Gasteiger partial charge in [-0.2, -0.15) is 0 Å². The summed E-state index contributed by atoms with van der Waals surface area (Å²) in [5.74, 6) is -0.562. The number of fused-ring (bicyclic) bond motifs is 1. The van der Waals surface area contributed by atoms with Gasteiger partial charge in [0, 0.05) is 23.1 Å². The van der Waals surface area contributed by atoms with Gasteiger partial charge in [-0.3, -0.25) is 4.90 Å². The molecule has 0 unspecified atom stereocenters. The molecule has 0 aliphatic carbocycles. The third kappa shape index (κ3) is 3.02. The fourth-order valence-electron chi connectivity index (χ4n) is 2.76. The first-order valence-corrected chi connectivity index (χ1v) is 7.90.